The van der Waals surface area contributed by atoms with E-state index >= 15 is 0 Å². The van der Waals surface area contributed by atoms with Crippen molar-refractivity contribution in [2.45, 2.75) is 11.8 Å². The van der Waals surface area contributed by atoms with Gasteiger partial charge in [-0.1, -0.05) is 42.5 Å². The summed E-state index contributed by atoms with van der Waals surface area (Å²) < 4.78 is 32.9. The van der Waals surface area contributed by atoms with E-state index in [1.54, 1.807) is 36.4 Å². The van der Waals surface area contributed by atoms with Crippen LogP contribution in [0.5, 0.6) is 5.75 Å². The van der Waals surface area contributed by atoms with Gasteiger partial charge in [0.25, 0.3) is 15.9 Å². The van der Waals surface area contributed by atoms with Crippen molar-refractivity contribution < 1.29 is 17.9 Å². The Hall–Kier alpha value is -3.91. The lowest BCUT2D eigenvalue weighted by molar-refractivity contribution is 0.0955. The van der Waals surface area contributed by atoms with E-state index < -0.39 is 15.9 Å². The molecule has 164 valence electrons. The Labute approximate surface area is 187 Å². The summed E-state index contributed by atoms with van der Waals surface area (Å²) >= 11 is 0. The van der Waals surface area contributed by atoms with E-state index in [2.05, 4.69) is 21.8 Å². The van der Waals surface area contributed by atoms with Crippen molar-refractivity contribution in [2.75, 3.05) is 11.3 Å². The highest BCUT2D eigenvalue weighted by atomic mass is 32.2. The summed E-state index contributed by atoms with van der Waals surface area (Å²) in [4.78, 5) is 12.5. The van der Waals surface area contributed by atoms with Crippen LogP contribution in [0.4, 0.5) is 5.69 Å². The van der Waals surface area contributed by atoms with Gasteiger partial charge in [-0.3, -0.25) is 9.52 Å². The fourth-order valence-corrected chi connectivity index (χ4v) is 3.75. The number of benzene rings is 3. The molecule has 0 bridgehead atoms. The monoisotopic (exact) mass is 449 g/mol. The minimum Gasteiger partial charge on any atom is -0.490 e. The number of nitrogens with one attached hydrogen (secondary N) is 2. The predicted octanol–water partition coefficient (Wildman–Crippen LogP) is 4.12. The molecule has 0 saturated heterocycles. The van der Waals surface area contributed by atoms with Crippen LogP contribution >= 0.6 is 0 Å². The largest absolute Gasteiger partial charge is 0.490 e. The zero-order valence-corrected chi connectivity index (χ0v) is 18.3. The van der Waals surface area contributed by atoms with Crippen LogP contribution in [0.2, 0.25) is 0 Å². The van der Waals surface area contributed by atoms with Crippen LogP contribution < -0.4 is 14.9 Å². The number of carbonyl (C=O) groups is 1. The number of sulfonamides is 1. The molecule has 0 aromatic heterocycles. The molecule has 0 heterocycles. The summed E-state index contributed by atoms with van der Waals surface area (Å²) in [6, 6.07) is 19.8. The van der Waals surface area contributed by atoms with Crippen molar-refractivity contribution in [2.24, 2.45) is 5.10 Å². The van der Waals surface area contributed by atoms with Crippen LogP contribution in [-0.4, -0.2) is 27.1 Å². The van der Waals surface area contributed by atoms with Crippen LogP contribution in [0.3, 0.4) is 0 Å². The Balaban J connectivity index is 1.60. The van der Waals surface area contributed by atoms with Crippen LogP contribution in [0.1, 0.15) is 21.5 Å². The minimum absolute atomic E-state index is 0.165. The molecule has 3 rings (SSSR count). The number of anilines is 1. The van der Waals surface area contributed by atoms with E-state index in [1.807, 2.05) is 25.1 Å². The average Bonchev–Trinajstić information content (AvgIpc) is 2.78. The summed E-state index contributed by atoms with van der Waals surface area (Å²) in [5.41, 5.74) is 4.85. The third kappa shape index (κ3) is 6.29. The third-order valence-electron chi connectivity index (χ3n) is 4.34. The van der Waals surface area contributed by atoms with Crippen molar-refractivity contribution in [3.63, 3.8) is 0 Å². The van der Waals surface area contributed by atoms with E-state index in [-0.39, 0.29) is 4.90 Å². The van der Waals surface area contributed by atoms with Crippen LogP contribution in [0.15, 0.2) is 95.4 Å². The second-order valence-corrected chi connectivity index (χ2v) is 8.55. The van der Waals surface area contributed by atoms with Crippen LogP contribution in [-0.2, 0) is 10.0 Å². The van der Waals surface area contributed by atoms with Gasteiger partial charge in [0.05, 0.1) is 11.1 Å². The number of rotatable bonds is 9. The SMILES string of the molecule is C=CCOc1cccc(/C=N/NC(=O)c2ccc(NS(=O)(=O)c3ccc(C)cc3)cc2)c1. The molecule has 8 heteroatoms. The van der Waals surface area contributed by atoms with E-state index in [4.69, 9.17) is 4.74 Å². The molecule has 2 N–H and O–H groups in total. The maximum Gasteiger partial charge on any atom is 0.271 e. The van der Waals surface area contributed by atoms with Gasteiger partial charge in [-0.2, -0.15) is 5.10 Å². The quantitative estimate of drug-likeness (QED) is 0.292. The molecule has 0 spiro atoms. The van der Waals surface area contributed by atoms with Crippen molar-refractivity contribution in [1.29, 1.82) is 0 Å². The number of carbonyl (C=O) groups excluding carboxylic acids is 1. The van der Waals surface area contributed by atoms with Crippen molar-refractivity contribution in [1.82, 2.24) is 5.43 Å². The third-order valence-corrected chi connectivity index (χ3v) is 5.73. The molecule has 0 aliphatic carbocycles. The molecule has 0 saturated carbocycles. The lowest BCUT2D eigenvalue weighted by Gasteiger charge is -2.09. The van der Waals surface area contributed by atoms with Crippen molar-refractivity contribution in [3.05, 3.63) is 102 Å². The van der Waals surface area contributed by atoms with E-state index in [0.717, 1.165) is 11.1 Å². The highest BCUT2D eigenvalue weighted by molar-refractivity contribution is 7.92. The summed E-state index contributed by atoms with van der Waals surface area (Å²) in [6.07, 6.45) is 3.16. The van der Waals surface area contributed by atoms with Gasteiger partial charge >= 0.3 is 0 Å². The summed E-state index contributed by atoms with van der Waals surface area (Å²) in [5, 5.41) is 3.96. The number of nitrogens with zero attached hydrogens (tertiary/aromatic N) is 1. The standard InChI is InChI=1S/C24H23N3O4S/c1-3-15-31-22-6-4-5-19(16-22)17-25-26-24(28)20-9-11-21(12-10-20)27-32(29,30)23-13-7-18(2)8-14-23/h3-14,16-17,27H,1,15H2,2H3,(H,26,28)/b25-17+. The van der Waals surface area contributed by atoms with Gasteiger partial charge < -0.3 is 4.74 Å². The Morgan fingerprint density at radius 3 is 2.47 bits per heavy atom. The molecule has 1 amide bonds. The molecule has 0 aliphatic heterocycles. The molecule has 3 aromatic rings. The number of hydrogen-bond donors (Lipinski definition) is 2. The Morgan fingerprint density at radius 2 is 1.78 bits per heavy atom. The number of ether oxygens (including phenoxy) is 1. The second kappa shape index (κ2) is 10.4. The van der Waals surface area contributed by atoms with Gasteiger partial charge in [-0.05, 0) is 61.0 Å². The molecule has 32 heavy (non-hydrogen) atoms. The predicted molar refractivity (Wildman–Crippen MR) is 126 cm³/mol. The normalized spacial score (nSPS) is 11.2. The maximum absolute atomic E-state index is 12.5. The zero-order valence-electron chi connectivity index (χ0n) is 17.5. The Morgan fingerprint density at radius 1 is 1.06 bits per heavy atom. The second-order valence-electron chi connectivity index (χ2n) is 6.87. The van der Waals surface area contributed by atoms with E-state index in [1.165, 1.54) is 30.5 Å². The van der Waals surface area contributed by atoms with Crippen LogP contribution in [0.25, 0.3) is 0 Å². The molecule has 3 aromatic carbocycles. The Kier molecular flexibility index (Phi) is 7.41. The first kappa shape index (κ1) is 22.8. The van der Waals surface area contributed by atoms with E-state index in [9.17, 15) is 13.2 Å². The van der Waals surface area contributed by atoms with Crippen molar-refractivity contribution in [3.8, 4) is 5.75 Å². The number of amides is 1. The smallest absolute Gasteiger partial charge is 0.271 e. The van der Waals surface area contributed by atoms with Gasteiger partial charge in [0.1, 0.15) is 12.4 Å². The maximum atomic E-state index is 12.5. The van der Waals surface area contributed by atoms with Crippen LogP contribution in [0, 0.1) is 6.92 Å². The van der Waals surface area contributed by atoms with Gasteiger partial charge in [0.15, 0.2) is 0 Å². The highest BCUT2D eigenvalue weighted by Gasteiger charge is 2.14. The Bertz CT molecular complexity index is 1220. The highest BCUT2D eigenvalue weighted by Crippen LogP contribution is 2.17. The topological polar surface area (TPSA) is 96.9 Å². The lowest BCUT2D eigenvalue weighted by Crippen LogP contribution is -2.18. The number of hydrogen-bond acceptors (Lipinski definition) is 5. The summed E-state index contributed by atoms with van der Waals surface area (Å²) in [7, 11) is -3.71. The first-order chi connectivity index (χ1) is 15.4. The fourth-order valence-electron chi connectivity index (χ4n) is 2.69. The average molecular weight is 450 g/mol. The minimum atomic E-state index is -3.71. The molecule has 0 aliphatic rings. The molecule has 0 radical (unpaired) electrons. The fraction of sp³-hybridized carbons (Fsp3) is 0.0833. The molecule has 7 nitrogen and oxygen atoms in total. The lowest BCUT2D eigenvalue weighted by atomic mass is 10.2. The van der Waals surface area contributed by atoms with Crippen molar-refractivity contribution >= 4 is 27.8 Å². The molecule has 0 unspecified atom stereocenters. The first-order valence-corrected chi connectivity index (χ1v) is 11.2. The molecular weight excluding hydrogens is 426 g/mol. The van der Waals surface area contributed by atoms with E-state index in [0.29, 0.717) is 23.6 Å². The summed E-state index contributed by atoms with van der Waals surface area (Å²) in [5.74, 6) is 0.247. The van der Waals surface area contributed by atoms with Gasteiger partial charge in [-0.15, -0.1) is 0 Å². The van der Waals surface area contributed by atoms with Gasteiger partial charge in [0.2, 0.25) is 0 Å². The molecular formula is C24H23N3O4S. The van der Waals surface area contributed by atoms with Gasteiger partial charge in [0, 0.05) is 11.3 Å². The zero-order chi connectivity index (χ0) is 23.0. The number of hydrazone groups is 1. The first-order valence-electron chi connectivity index (χ1n) is 9.74. The molecule has 0 atom stereocenters. The van der Waals surface area contributed by atoms with Gasteiger partial charge in [-0.25, -0.2) is 13.8 Å². The summed E-state index contributed by atoms with van der Waals surface area (Å²) in [6.45, 7) is 5.88. The molecule has 0 fully saturated rings. The number of aryl methyl sites for hydroxylation is 1.